The molecular weight excluding hydrogens is 324 g/mol. The van der Waals surface area contributed by atoms with Crippen molar-refractivity contribution in [2.45, 2.75) is 135 Å². The van der Waals surface area contributed by atoms with Crippen LogP contribution in [0.25, 0.3) is 0 Å². The molecule has 4 nitrogen and oxygen atoms in total. The van der Waals surface area contributed by atoms with Crippen LogP contribution in [0.15, 0.2) is 0 Å². The van der Waals surface area contributed by atoms with Crippen molar-refractivity contribution in [1.29, 1.82) is 0 Å². The van der Waals surface area contributed by atoms with Crippen molar-refractivity contribution in [2.24, 2.45) is 0 Å². The van der Waals surface area contributed by atoms with Crippen LogP contribution in [-0.2, 0) is 4.79 Å². The second-order valence-corrected chi connectivity index (χ2v) is 9.37. The van der Waals surface area contributed by atoms with Gasteiger partial charge in [0, 0.05) is 23.5 Å². The van der Waals surface area contributed by atoms with Gasteiger partial charge < -0.3 is 15.6 Å². The molecule has 1 aliphatic rings. The van der Waals surface area contributed by atoms with Crippen molar-refractivity contribution < 1.29 is 4.79 Å². The van der Waals surface area contributed by atoms with Crippen LogP contribution < -0.4 is 5.32 Å². The molecule has 1 N–H and O–H groups in total. The van der Waals surface area contributed by atoms with Crippen molar-refractivity contribution in [3.05, 3.63) is 5.21 Å². The third-order valence-corrected chi connectivity index (χ3v) is 5.97. The zero-order valence-corrected chi connectivity index (χ0v) is 18.0. The molecule has 4 heteroatoms. The summed E-state index contributed by atoms with van der Waals surface area (Å²) in [6, 6.07) is -0.0600. The molecule has 0 aromatic heterocycles. The third-order valence-electron chi connectivity index (χ3n) is 5.97. The minimum atomic E-state index is -0.531. The topological polar surface area (TPSA) is 55.4 Å². The number of unbranched alkanes of at least 4 members (excludes halogenated alkanes) is 10. The lowest BCUT2D eigenvalue weighted by molar-refractivity contribution is -0.122. The molecule has 0 aromatic carbocycles. The van der Waals surface area contributed by atoms with Crippen LogP contribution in [0.5, 0.6) is 0 Å². The van der Waals surface area contributed by atoms with E-state index in [1.54, 1.807) is 0 Å². The Morgan fingerprint density at radius 1 is 0.923 bits per heavy atom. The maximum Gasteiger partial charge on any atom is 0.220 e. The minimum absolute atomic E-state index is 0.0600. The number of nitrogens with zero attached hydrogens (tertiary/aromatic N) is 1. The van der Waals surface area contributed by atoms with Crippen LogP contribution in [0, 0.1) is 5.21 Å². The molecule has 0 aromatic rings. The lowest BCUT2D eigenvalue weighted by Crippen LogP contribution is -2.52. The zero-order chi connectivity index (χ0) is 19.6. The SMILES string of the molecule is CCCCCCCCCCCCCC(=O)NC1CC(C)(C)N([O-])C1(C)C. The van der Waals surface area contributed by atoms with Crippen LogP contribution in [0.4, 0.5) is 0 Å². The number of nitrogens with one attached hydrogen (secondary N) is 1. The second-order valence-electron chi connectivity index (χ2n) is 9.37. The number of carbonyl (C=O) groups is 1. The van der Waals surface area contributed by atoms with Gasteiger partial charge in [-0.1, -0.05) is 71.1 Å². The third kappa shape index (κ3) is 7.56. The normalized spacial score (nSPS) is 21.8. The number of carbonyl (C=O) groups excluding carboxylic acids is 1. The summed E-state index contributed by atoms with van der Waals surface area (Å²) in [5, 5.41) is 16.6. The van der Waals surface area contributed by atoms with Gasteiger partial charge in [0.1, 0.15) is 0 Å². The fourth-order valence-corrected chi connectivity index (χ4v) is 4.20. The average Bonchev–Trinajstić information content (AvgIpc) is 2.72. The molecule has 1 atom stereocenters. The zero-order valence-electron chi connectivity index (χ0n) is 18.0. The summed E-state index contributed by atoms with van der Waals surface area (Å²) in [6.45, 7) is 10.0. The number of rotatable bonds is 13. The average molecular weight is 368 g/mol. The molecule has 1 heterocycles. The van der Waals surface area contributed by atoms with E-state index in [1.807, 2.05) is 27.7 Å². The summed E-state index contributed by atoms with van der Waals surface area (Å²) in [4.78, 5) is 12.2. The first kappa shape index (κ1) is 23.4. The Kier molecular flexibility index (Phi) is 10.2. The highest BCUT2D eigenvalue weighted by Gasteiger charge is 2.46. The van der Waals surface area contributed by atoms with E-state index in [0.29, 0.717) is 12.8 Å². The van der Waals surface area contributed by atoms with Crippen LogP contribution in [0.1, 0.15) is 118 Å². The summed E-state index contributed by atoms with van der Waals surface area (Å²) in [5.41, 5.74) is -0.936. The molecule has 1 amide bonds. The van der Waals surface area contributed by atoms with E-state index in [9.17, 15) is 10.0 Å². The molecule has 1 fully saturated rings. The number of hydrogen-bond acceptors (Lipinski definition) is 3. The van der Waals surface area contributed by atoms with Gasteiger partial charge in [0.15, 0.2) is 0 Å². The van der Waals surface area contributed by atoms with Gasteiger partial charge in [-0.15, -0.1) is 0 Å². The van der Waals surface area contributed by atoms with Crippen LogP contribution in [0.2, 0.25) is 0 Å². The van der Waals surface area contributed by atoms with Gasteiger partial charge >= 0.3 is 0 Å². The lowest BCUT2D eigenvalue weighted by atomic mass is 9.94. The summed E-state index contributed by atoms with van der Waals surface area (Å²) < 4.78 is 0. The minimum Gasteiger partial charge on any atom is -0.784 e. The highest BCUT2D eigenvalue weighted by Crippen LogP contribution is 2.39. The molecule has 154 valence electrons. The first-order valence-electron chi connectivity index (χ1n) is 11.0. The van der Waals surface area contributed by atoms with Gasteiger partial charge in [-0.2, -0.15) is 0 Å². The molecule has 0 bridgehead atoms. The smallest absolute Gasteiger partial charge is 0.220 e. The lowest BCUT2D eigenvalue weighted by Gasteiger charge is -2.47. The fourth-order valence-electron chi connectivity index (χ4n) is 4.20. The largest absolute Gasteiger partial charge is 0.784 e. The summed E-state index contributed by atoms with van der Waals surface area (Å²) in [7, 11) is 0. The van der Waals surface area contributed by atoms with E-state index in [2.05, 4.69) is 12.2 Å². The van der Waals surface area contributed by atoms with Crippen molar-refractivity contribution >= 4 is 5.91 Å². The first-order chi connectivity index (χ1) is 12.2. The molecule has 1 saturated heterocycles. The number of hydroxylamine groups is 2. The quantitative estimate of drug-likeness (QED) is 0.410. The van der Waals surface area contributed by atoms with Gasteiger partial charge in [-0.3, -0.25) is 4.79 Å². The second kappa shape index (κ2) is 11.3. The van der Waals surface area contributed by atoms with Gasteiger partial charge in [0.05, 0.1) is 0 Å². The predicted octanol–water partition coefficient (Wildman–Crippen LogP) is 5.93. The summed E-state index contributed by atoms with van der Waals surface area (Å²) in [5.74, 6) is 0.102. The Hall–Kier alpha value is -0.610. The van der Waals surface area contributed by atoms with Crippen molar-refractivity contribution in [1.82, 2.24) is 10.4 Å². The molecule has 0 spiro atoms. The molecule has 0 radical (unpaired) electrons. The Labute approximate surface area is 162 Å². The highest BCUT2D eigenvalue weighted by molar-refractivity contribution is 5.76. The van der Waals surface area contributed by atoms with E-state index in [1.165, 1.54) is 57.8 Å². The van der Waals surface area contributed by atoms with E-state index in [0.717, 1.165) is 17.9 Å². The fraction of sp³-hybridized carbons (Fsp3) is 0.955. The van der Waals surface area contributed by atoms with Crippen molar-refractivity contribution in [3.8, 4) is 0 Å². The summed E-state index contributed by atoms with van der Waals surface area (Å²) in [6.07, 6.45) is 15.5. The Morgan fingerprint density at radius 2 is 1.38 bits per heavy atom. The van der Waals surface area contributed by atoms with Gasteiger partial charge in [0.25, 0.3) is 0 Å². The molecule has 26 heavy (non-hydrogen) atoms. The maximum atomic E-state index is 12.4. The van der Waals surface area contributed by atoms with Crippen LogP contribution >= 0.6 is 0 Å². The highest BCUT2D eigenvalue weighted by atomic mass is 16.5. The van der Waals surface area contributed by atoms with E-state index >= 15 is 0 Å². The van der Waals surface area contributed by atoms with Gasteiger partial charge in [0.2, 0.25) is 5.91 Å². The monoisotopic (exact) mass is 367 g/mol. The van der Waals surface area contributed by atoms with Crippen molar-refractivity contribution in [3.63, 3.8) is 0 Å². The maximum absolute atomic E-state index is 12.4. The van der Waals surface area contributed by atoms with Crippen molar-refractivity contribution in [2.75, 3.05) is 0 Å². The molecule has 0 saturated carbocycles. The Balaban J connectivity index is 2.06. The number of hydrogen-bond donors (Lipinski definition) is 1. The molecule has 1 rings (SSSR count). The van der Waals surface area contributed by atoms with E-state index < -0.39 is 11.1 Å². The van der Waals surface area contributed by atoms with Crippen LogP contribution in [0.3, 0.4) is 0 Å². The van der Waals surface area contributed by atoms with Crippen LogP contribution in [-0.4, -0.2) is 28.1 Å². The van der Waals surface area contributed by atoms with E-state index in [-0.39, 0.29) is 11.9 Å². The summed E-state index contributed by atoms with van der Waals surface area (Å²) >= 11 is 0. The van der Waals surface area contributed by atoms with Gasteiger partial charge in [-0.05, 0) is 40.5 Å². The predicted molar refractivity (Wildman–Crippen MR) is 111 cm³/mol. The molecule has 1 unspecified atom stereocenters. The Bertz CT molecular complexity index is 407. The first-order valence-corrected chi connectivity index (χ1v) is 11.0. The molecule has 1 aliphatic heterocycles. The van der Waals surface area contributed by atoms with Gasteiger partial charge in [-0.25, -0.2) is 0 Å². The standard InChI is InChI=1S/C22H43N2O2/c1-6-7-8-9-10-11-12-13-14-15-16-17-20(25)23-19-18-21(2,3)24(26)22(19,4)5/h19H,6-18H2,1-5H3,(H,23,25)/q-1. The number of amides is 1. The Morgan fingerprint density at radius 3 is 1.81 bits per heavy atom. The molecular formula is C22H43N2O2-. The van der Waals surface area contributed by atoms with E-state index in [4.69, 9.17) is 0 Å². The molecule has 0 aliphatic carbocycles.